The number of likely N-dealkylation sites (N-methyl/N-ethyl adjacent to an activating group) is 1. The SMILES string of the molecule is C=C(C)CN(CC)C(=O)C[NH+]1CCN(S(=O)(=O)c2ccc(OC)c(OC)c2)CC1. The maximum absolute atomic E-state index is 13.0. The molecular formula is C20H32N3O5S+. The van der Waals surface area contributed by atoms with Crippen molar-refractivity contribution in [3.05, 3.63) is 30.4 Å². The van der Waals surface area contributed by atoms with Gasteiger partial charge in [0.1, 0.15) is 0 Å². The number of benzene rings is 1. The van der Waals surface area contributed by atoms with E-state index in [1.165, 1.54) is 30.7 Å². The van der Waals surface area contributed by atoms with E-state index < -0.39 is 10.0 Å². The van der Waals surface area contributed by atoms with Crippen LogP contribution in [0, 0.1) is 0 Å². The first-order valence-corrected chi connectivity index (χ1v) is 11.1. The molecule has 0 unspecified atom stereocenters. The molecule has 29 heavy (non-hydrogen) atoms. The van der Waals surface area contributed by atoms with E-state index in [2.05, 4.69) is 6.58 Å². The molecule has 1 amide bonds. The molecule has 162 valence electrons. The van der Waals surface area contributed by atoms with Crippen molar-refractivity contribution in [3.8, 4) is 11.5 Å². The average Bonchev–Trinajstić information content (AvgIpc) is 2.71. The van der Waals surface area contributed by atoms with Crippen LogP contribution in [0.15, 0.2) is 35.2 Å². The van der Waals surface area contributed by atoms with E-state index in [1.54, 1.807) is 11.0 Å². The number of hydrogen-bond acceptors (Lipinski definition) is 5. The van der Waals surface area contributed by atoms with E-state index in [9.17, 15) is 13.2 Å². The lowest BCUT2D eigenvalue weighted by molar-refractivity contribution is -0.896. The number of nitrogens with zero attached hydrogens (tertiary/aromatic N) is 2. The van der Waals surface area contributed by atoms with E-state index in [-0.39, 0.29) is 10.8 Å². The molecule has 1 N–H and O–H groups in total. The van der Waals surface area contributed by atoms with Crippen LogP contribution < -0.4 is 14.4 Å². The highest BCUT2D eigenvalue weighted by molar-refractivity contribution is 7.89. The highest BCUT2D eigenvalue weighted by Gasteiger charge is 2.32. The fourth-order valence-electron chi connectivity index (χ4n) is 3.37. The first-order chi connectivity index (χ1) is 13.7. The van der Waals surface area contributed by atoms with Gasteiger partial charge in [0.25, 0.3) is 5.91 Å². The summed E-state index contributed by atoms with van der Waals surface area (Å²) in [5.74, 6) is 0.928. The summed E-state index contributed by atoms with van der Waals surface area (Å²) in [5, 5.41) is 0. The van der Waals surface area contributed by atoms with Gasteiger partial charge in [-0.25, -0.2) is 8.42 Å². The van der Waals surface area contributed by atoms with Gasteiger partial charge in [-0.1, -0.05) is 12.2 Å². The highest BCUT2D eigenvalue weighted by atomic mass is 32.2. The highest BCUT2D eigenvalue weighted by Crippen LogP contribution is 2.30. The molecule has 1 aliphatic rings. The van der Waals surface area contributed by atoms with Gasteiger partial charge in [-0.15, -0.1) is 0 Å². The largest absolute Gasteiger partial charge is 0.493 e. The summed E-state index contributed by atoms with van der Waals surface area (Å²) < 4.78 is 37.9. The first-order valence-electron chi connectivity index (χ1n) is 9.70. The van der Waals surface area contributed by atoms with E-state index in [1.807, 2.05) is 13.8 Å². The Hall–Kier alpha value is -2.10. The number of amides is 1. The third-order valence-corrected chi connectivity index (χ3v) is 6.91. The predicted octanol–water partition coefficient (Wildman–Crippen LogP) is 0.0176. The number of carbonyl (C=O) groups excluding carboxylic acids is 1. The molecule has 1 aromatic rings. The summed E-state index contributed by atoms with van der Waals surface area (Å²) in [6.45, 7) is 11.2. The minimum absolute atomic E-state index is 0.0710. The van der Waals surface area contributed by atoms with Gasteiger partial charge in [0.05, 0.1) is 45.3 Å². The molecule has 1 aliphatic heterocycles. The molecule has 1 saturated heterocycles. The van der Waals surface area contributed by atoms with E-state index in [4.69, 9.17) is 9.47 Å². The Balaban J connectivity index is 2.01. The summed E-state index contributed by atoms with van der Waals surface area (Å²) in [5.41, 5.74) is 0.945. The zero-order valence-electron chi connectivity index (χ0n) is 17.7. The monoisotopic (exact) mass is 426 g/mol. The van der Waals surface area contributed by atoms with Crippen LogP contribution in [0.1, 0.15) is 13.8 Å². The summed E-state index contributed by atoms with van der Waals surface area (Å²) in [6.07, 6.45) is 0. The van der Waals surface area contributed by atoms with Crippen molar-refractivity contribution in [1.82, 2.24) is 9.21 Å². The second-order valence-electron chi connectivity index (χ2n) is 7.21. The maximum atomic E-state index is 13.0. The normalized spacial score (nSPS) is 15.7. The van der Waals surface area contributed by atoms with Gasteiger partial charge in [-0.2, -0.15) is 4.31 Å². The van der Waals surface area contributed by atoms with Crippen molar-refractivity contribution in [2.75, 3.05) is 60.0 Å². The number of piperazine rings is 1. The minimum Gasteiger partial charge on any atom is -0.493 e. The lowest BCUT2D eigenvalue weighted by atomic mass is 10.3. The summed E-state index contributed by atoms with van der Waals surface area (Å²) in [7, 11) is -0.653. The van der Waals surface area contributed by atoms with E-state index in [0.29, 0.717) is 57.3 Å². The van der Waals surface area contributed by atoms with Crippen molar-refractivity contribution in [2.24, 2.45) is 0 Å². The maximum Gasteiger partial charge on any atom is 0.278 e. The number of quaternary nitrogens is 1. The number of methoxy groups -OCH3 is 2. The van der Waals surface area contributed by atoms with Gasteiger partial charge in [0.2, 0.25) is 10.0 Å². The summed E-state index contributed by atoms with van der Waals surface area (Å²) in [6, 6.07) is 4.59. The number of sulfonamides is 1. The molecule has 0 aliphatic carbocycles. The molecule has 0 spiro atoms. The third-order valence-electron chi connectivity index (χ3n) is 5.02. The number of ether oxygens (including phenoxy) is 2. The van der Waals surface area contributed by atoms with Crippen LogP contribution in [-0.4, -0.2) is 83.6 Å². The zero-order valence-corrected chi connectivity index (χ0v) is 18.5. The van der Waals surface area contributed by atoms with Gasteiger partial charge in [-0.3, -0.25) is 4.79 Å². The van der Waals surface area contributed by atoms with Crippen LogP contribution in [0.3, 0.4) is 0 Å². The summed E-state index contributed by atoms with van der Waals surface area (Å²) >= 11 is 0. The van der Waals surface area contributed by atoms with Gasteiger partial charge in [-0.05, 0) is 26.0 Å². The Kier molecular flexibility index (Phi) is 8.06. The number of carbonyl (C=O) groups is 1. The predicted molar refractivity (Wildman–Crippen MR) is 111 cm³/mol. The van der Waals surface area contributed by atoms with Crippen LogP contribution in [0.5, 0.6) is 11.5 Å². The second kappa shape index (κ2) is 10.1. The second-order valence-corrected chi connectivity index (χ2v) is 9.15. The van der Waals surface area contributed by atoms with Crippen LogP contribution in [-0.2, 0) is 14.8 Å². The topological polar surface area (TPSA) is 80.6 Å². The van der Waals surface area contributed by atoms with Gasteiger partial charge in [0.15, 0.2) is 18.0 Å². The lowest BCUT2D eigenvalue weighted by Crippen LogP contribution is -3.15. The fraction of sp³-hybridized carbons (Fsp3) is 0.550. The molecule has 0 saturated carbocycles. The number of rotatable bonds is 9. The molecule has 0 atom stereocenters. The van der Waals surface area contributed by atoms with Crippen LogP contribution in [0.2, 0.25) is 0 Å². The molecule has 0 radical (unpaired) electrons. The Morgan fingerprint density at radius 1 is 1.21 bits per heavy atom. The Morgan fingerprint density at radius 3 is 2.34 bits per heavy atom. The molecule has 8 nitrogen and oxygen atoms in total. The standard InChI is InChI=1S/C20H31N3O5S/c1-6-22(14-16(2)3)20(24)15-21-9-11-23(12-10-21)29(25,26)17-7-8-18(27-4)19(13-17)28-5/h7-8,13H,2,6,9-12,14-15H2,1,3-5H3/p+1. The molecule has 0 aromatic heterocycles. The molecule has 1 heterocycles. The summed E-state index contributed by atoms with van der Waals surface area (Å²) in [4.78, 5) is 15.6. The van der Waals surface area contributed by atoms with E-state index in [0.717, 1.165) is 10.5 Å². The molecule has 1 aromatic carbocycles. The van der Waals surface area contributed by atoms with Crippen LogP contribution in [0.25, 0.3) is 0 Å². The zero-order chi connectivity index (χ0) is 21.6. The quantitative estimate of drug-likeness (QED) is 0.563. The molecular weight excluding hydrogens is 394 g/mol. The Labute approximate surface area is 173 Å². The molecule has 9 heteroatoms. The van der Waals surface area contributed by atoms with Gasteiger partial charge in [0, 0.05) is 19.2 Å². The van der Waals surface area contributed by atoms with Crippen molar-refractivity contribution >= 4 is 15.9 Å². The molecule has 2 rings (SSSR count). The first kappa shape index (κ1) is 23.2. The Bertz CT molecular complexity index is 833. The van der Waals surface area contributed by atoms with E-state index >= 15 is 0 Å². The number of hydrogen-bond donors (Lipinski definition) is 1. The van der Waals surface area contributed by atoms with Crippen molar-refractivity contribution in [2.45, 2.75) is 18.7 Å². The van der Waals surface area contributed by atoms with Crippen molar-refractivity contribution in [3.63, 3.8) is 0 Å². The minimum atomic E-state index is -3.63. The lowest BCUT2D eigenvalue weighted by Gasteiger charge is -2.32. The van der Waals surface area contributed by atoms with Crippen molar-refractivity contribution in [1.29, 1.82) is 0 Å². The van der Waals surface area contributed by atoms with Crippen LogP contribution >= 0.6 is 0 Å². The average molecular weight is 427 g/mol. The van der Waals surface area contributed by atoms with Crippen molar-refractivity contribution < 1.29 is 27.6 Å². The smallest absolute Gasteiger partial charge is 0.278 e. The Morgan fingerprint density at radius 2 is 1.83 bits per heavy atom. The molecule has 0 bridgehead atoms. The molecule has 1 fully saturated rings. The number of nitrogens with one attached hydrogen (secondary N) is 1. The van der Waals surface area contributed by atoms with Gasteiger partial charge >= 0.3 is 0 Å². The third kappa shape index (κ3) is 5.71. The van der Waals surface area contributed by atoms with Gasteiger partial charge < -0.3 is 19.3 Å². The van der Waals surface area contributed by atoms with Crippen LogP contribution in [0.4, 0.5) is 0 Å². The fourth-order valence-corrected chi connectivity index (χ4v) is 4.83.